The molecular weight excluding hydrogens is 220 g/mol. The first-order chi connectivity index (χ1) is 8.50. The van der Waals surface area contributed by atoms with Gasteiger partial charge in [0.1, 0.15) is 0 Å². The third kappa shape index (κ3) is 2.45. The first-order valence-electron chi connectivity index (χ1n) is 6.88. The topological polar surface area (TPSA) is 15.3 Å². The summed E-state index contributed by atoms with van der Waals surface area (Å²) in [6, 6.07) is 7.41. The summed E-state index contributed by atoms with van der Waals surface area (Å²) in [5, 5.41) is 3.38. The lowest BCUT2D eigenvalue weighted by molar-refractivity contribution is 0.191. The molecule has 2 nitrogen and oxygen atoms in total. The number of rotatable bonds is 5. The molecule has 0 radical (unpaired) electrons. The maximum atomic E-state index is 3.38. The van der Waals surface area contributed by atoms with Gasteiger partial charge in [-0.15, -0.1) is 0 Å². The van der Waals surface area contributed by atoms with Crippen molar-refractivity contribution in [3.05, 3.63) is 34.9 Å². The highest BCUT2D eigenvalue weighted by Crippen LogP contribution is 2.56. The first kappa shape index (κ1) is 13.6. The lowest BCUT2D eigenvalue weighted by Gasteiger charge is -2.34. The molecule has 0 spiro atoms. The maximum Gasteiger partial charge on any atom is 0.0413 e. The fraction of sp³-hybridized carbons (Fsp3) is 0.625. The molecule has 0 aliphatic heterocycles. The van der Waals surface area contributed by atoms with Gasteiger partial charge in [0.2, 0.25) is 0 Å². The second-order valence-corrected chi connectivity index (χ2v) is 6.12. The highest BCUT2D eigenvalue weighted by molar-refractivity contribution is 5.35. The summed E-state index contributed by atoms with van der Waals surface area (Å²) in [7, 11) is 6.48. The Morgan fingerprint density at radius 1 is 1.28 bits per heavy atom. The molecule has 1 aromatic carbocycles. The molecule has 1 unspecified atom stereocenters. The average molecular weight is 246 g/mol. The molecule has 1 N–H and O–H groups in total. The van der Waals surface area contributed by atoms with Gasteiger partial charge in [-0.05, 0) is 59.0 Å². The van der Waals surface area contributed by atoms with Crippen molar-refractivity contribution in [3.63, 3.8) is 0 Å². The van der Waals surface area contributed by atoms with Crippen LogP contribution < -0.4 is 5.32 Å². The van der Waals surface area contributed by atoms with Crippen LogP contribution in [-0.2, 0) is 0 Å². The van der Waals surface area contributed by atoms with Crippen LogP contribution in [0.5, 0.6) is 0 Å². The van der Waals surface area contributed by atoms with Gasteiger partial charge in [-0.2, -0.15) is 0 Å². The minimum Gasteiger partial charge on any atom is -0.319 e. The summed E-state index contributed by atoms with van der Waals surface area (Å²) < 4.78 is 0. The van der Waals surface area contributed by atoms with Gasteiger partial charge in [0, 0.05) is 18.0 Å². The van der Waals surface area contributed by atoms with Crippen molar-refractivity contribution in [2.75, 3.05) is 27.7 Å². The van der Waals surface area contributed by atoms with Crippen molar-refractivity contribution in [2.24, 2.45) is 5.41 Å². The third-order valence-electron chi connectivity index (χ3n) is 4.24. The average Bonchev–Trinajstić information content (AvgIpc) is 3.03. The van der Waals surface area contributed by atoms with Crippen LogP contribution in [0, 0.1) is 19.3 Å². The fourth-order valence-electron chi connectivity index (χ4n) is 3.35. The van der Waals surface area contributed by atoms with Crippen molar-refractivity contribution < 1.29 is 0 Å². The molecule has 1 atom stereocenters. The molecule has 1 aromatic rings. The van der Waals surface area contributed by atoms with Crippen molar-refractivity contribution in [1.82, 2.24) is 10.2 Å². The quantitative estimate of drug-likeness (QED) is 0.859. The number of benzene rings is 1. The Balaban J connectivity index is 2.36. The van der Waals surface area contributed by atoms with Gasteiger partial charge < -0.3 is 10.2 Å². The Labute approximate surface area is 111 Å². The van der Waals surface area contributed by atoms with E-state index in [0.29, 0.717) is 11.5 Å². The van der Waals surface area contributed by atoms with Gasteiger partial charge >= 0.3 is 0 Å². The van der Waals surface area contributed by atoms with Gasteiger partial charge in [0.15, 0.2) is 0 Å². The van der Waals surface area contributed by atoms with Gasteiger partial charge in [0.05, 0.1) is 0 Å². The normalized spacial score (nSPS) is 19.0. The van der Waals surface area contributed by atoms with Gasteiger partial charge in [-0.1, -0.05) is 23.8 Å². The Morgan fingerprint density at radius 3 is 2.39 bits per heavy atom. The number of nitrogens with zero attached hydrogens (tertiary/aromatic N) is 1. The van der Waals surface area contributed by atoms with Crippen LogP contribution in [0.15, 0.2) is 18.2 Å². The second-order valence-electron chi connectivity index (χ2n) is 6.12. The fourth-order valence-corrected chi connectivity index (χ4v) is 3.35. The molecule has 18 heavy (non-hydrogen) atoms. The van der Waals surface area contributed by atoms with E-state index in [2.05, 4.69) is 63.4 Å². The number of hydrogen-bond donors (Lipinski definition) is 1. The standard InChI is InChI=1S/C16H26N2/c1-12-6-7-14(13(2)10-12)15(18(4)5)16(8-9-16)11-17-3/h6-7,10,15,17H,8-9,11H2,1-5H3. The minimum absolute atomic E-state index is 0.443. The molecule has 1 fully saturated rings. The van der Waals surface area contributed by atoms with Crippen LogP contribution in [0.2, 0.25) is 0 Å². The summed E-state index contributed by atoms with van der Waals surface area (Å²) in [5.41, 5.74) is 4.72. The largest absolute Gasteiger partial charge is 0.319 e. The Morgan fingerprint density at radius 2 is 1.94 bits per heavy atom. The molecule has 100 valence electrons. The van der Waals surface area contributed by atoms with Crippen LogP contribution in [0.1, 0.15) is 35.6 Å². The van der Waals surface area contributed by atoms with Crippen LogP contribution in [-0.4, -0.2) is 32.6 Å². The molecule has 0 saturated heterocycles. The molecule has 0 aromatic heterocycles. The van der Waals surface area contributed by atoms with Crippen LogP contribution in [0.3, 0.4) is 0 Å². The summed E-state index contributed by atoms with van der Waals surface area (Å²) in [4.78, 5) is 2.39. The maximum absolute atomic E-state index is 3.38. The number of aryl methyl sites for hydroxylation is 2. The zero-order chi connectivity index (χ0) is 13.3. The van der Waals surface area contributed by atoms with E-state index in [1.54, 1.807) is 0 Å². The van der Waals surface area contributed by atoms with E-state index in [1.165, 1.54) is 29.5 Å². The molecule has 1 saturated carbocycles. The minimum atomic E-state index is 0.443. The summed E-state index contributed by atoms with van der Waals surface area (Å²) in [6.07, 6.45) is 2.67. The van der Waals surface area contributed by atoms with E-state index in [9.17, 15) is 0 Å². The predicted molar refractivity (Wildman–Crippen MR) is 77.9 cm³/mol. The number of hydrogen-bond acceptors (Lipinski definition) is 2. The molecule has 2 heteroatoms. The van der Waals surface area contributed by atoms with E-state index < -0.39 is 0 Å². The van der Waals surface area contributed by atoms with E-state index >= 15 is 0 Å². The Kier molecular flexibility index (Phi) is 3.79. The zero-order valence-electron chi connectivity index (χ0n) is 12.4. The molecular formula is C16H26N2. The molecule has 0 heterocycles. The highest BCUT2D eigenvalue weighted by Gasteiger charge is 2.50. The third-order valence-corrected chi connectivity index (χ3v) is 4.24. The molecule has 1 aliphatic rings. The zero-order valence-corrected chi connectivity index (χ0v) is 12.4. The van der Waals surface area contributed by atoms with Crippen LogP contribution in [0.25, 0.3) is 0 Å². The van der Waals surface area contributed by atoms with Crippen molar-refractivity contribution in [2.45, 2.75) is 32.7 Å². The summed E-state index contributed by atoms with van der Waals surface area (Å²) in [5.74, 6) is 0. The van der Waals surface area contributed by atoms with E-state index in [1.807, 2.05) is 0 Å². The summed E-state index contributed by atoms with van der Waals surface area (Å²) in [6.45, 7) is 5.53. The van der Waals surface area contributed by atoms with Crippen molar-refractivity contribution in [1.29, 1.82) is 0 Å². The molecule has 2 rings (SSSR count). The molecule has 0 amide bonds. The van der Waals surface area contributed by atoms with Crippen molar-refractivity contribution >= 4 is 0 Å². The van der Waals surface area contributed by atoms with Gasteiger partial charge in [-0.25, -0.2) is 0 Å². The number of nitrogens with one attached hydrogen (secondary N) is 1. The lowest BCUT2D eigenvalue weighted by Crippen LogP contribution is -2.35. The van der Waals surface area contributed by atoms with Crippen molar-refractivity contribution in [3.8, 4) is 0 Å². The van der Waals surface area contributed by atoms with Gasteiger partial charge in [-0.3, -0.25) is 0 Å². The van der Waals surface area contributed by atoms with E-state index in [4.69, 9.17) is 0 Å². The smallest absolute Gasteiger partial charge is 0.0413 e. The second kappa shape index (κ2) is 5.02. The van der Waals surface area contributed by atoms with Crippen LogP contribution >= 0.6 is 0 Å². The molecule has 0 bridgehead atoms. The Hall–Kier alpha value is -0.860. The van der Waals surface area contributed by atoms with E-state index in [0.717, 1.165) is 6.54 Å². The monoisotopic (exact) mass is 246 g/mol. The predicted octanol–water partition coefficient (Wildman–Crippen LogP) is 2.91. The van der Waals surface area contributed by atoms with Crippen LogP contribution in [0.4, 0.5) is 0 Å². The first-order valence-corrected chi connectivity index (χ1v) is 6.88. The summed E-state index contributed by atoms with van der Waals surface area (Å²) >= 11 is 0. The molecule has 1 aliphatic carbocycles. The Bertz CT molecular complexity index is 419. The SMILES string of the molecule is CNCC1(C(c2ccc(C)cc2C)N(C)C)CC1. The van der Waals surface area contributed by atoms with E-state index in [-0.39, 0.29) is 0 Å². The van der Waals surface area contributed by atoms with Gasteiger partial charge in [0.25, 0.3) is 0 Å². The lowest BCUT2D eigenvalue weighted by atomic mass is 9.86. The highest BCUT2D eigenvalue weighted by atomic mass is 15.1.